The van der Waals surface area contributed by atoms with Crippen LogP contribution in [0.3, 0.4) is 0 Å². The smallest absolute Gasteiger partial charge is 0.275 e. The lowest BCUT2D eigenvalue weighted by molar-refractivity contribution is -0.0128. The molecule has 2 aliphatic heterocycles. The average molecular weight is 286 g/mol. The molecule has 4 atom stereocenters. The number of pyridine rings is 1. The Balaban J connectivity index is 1.94. The average Bonchev–Trinajstić information content (AvgIpc) is 2.93. The second-order valence-electron chi connectivity index (χ2n) is 4.80. The number of hydrogen-bond acceptors (Lipinski definition) is 7. The molecule has 1 saturated heterocycles. The molecular weight excluding hydrogens is 271 g/mol. The molecule has 0 aromatic carbocycles. The highest BCUT2D eigenvalue weighted by molar-refractivity contribution is 5.76. The van der Waals surface area contributed by atoms with E-state index in [1.165, 1.54) is 11.0 Å². The minimum Gasteiger partial charge on any atom is -0.394 e. The number of ether oxygens (including phenoxy) is 1. The minimum absolute atomic E-state index is 0.158. The minimum atomic E-state index is -1.69. The number of nitrogens with zero attached hydrogens (tertiary/aromatic N) is 1. The number of fused-ring (bicyclic) bond motifs is 1. The SMILES string of the molecule is Nc1cc2c(c(=O)[nH]1)NCN2[C@H]1O[C@@H](CO)C(F)[C@@H]1O. The zero-order valence-electron chi connectivity index (χ0n) is 10.4. The van der Waals surface area contributed by atoms with Crippen molar-refractivity contribution in [1.29, 1.82) is 0 Å². The fraction of sp³-hybridized carbons (Fsp3) is 0.545. The summed E-state index contributed by atoms with van der Waals surface area (Å²) in [4.78, 5) is 15.7. The van der Waals surface area contributed by atoms with Gasteiger partial charge in [-0.1, -0.05) is 0 Å². The van der Waals surface area contributed by atoms with Crippen molar-refractivity contribution >= 4 is 17.2 Å². The van der Waals surface area contributed by atoms with E-state index in [-0.39, 0.29) is 18.2 Å². The Morgan fingerprint density at radius 3 is 3.00 bits per heavy atom. The summed E-state index contributed by atoms with van der Waals surface area (Å²) < 4.78 is 19.1. The molecule has 0 radical (unpaired) electrons. The van der Waals surface area contributed by atoms with E-state index in [2.05, 4.69) is 10.3 Å². The quantitative estimate of drug-likeness (QED) is 0.451. The Kier molecular flexibility index (Phi) is 3.04. The molecule has 1 fully saturated rings. The van der Waals surface area contributed by atoms with Crippen molar-refractivity contribution < 1.29 is 19.3 Å². The second kappa shape index (κ2) is 4.62. The maximum absolute atomic E-state index is 13.7. The monoisotopic (exact) mass is 286 g/mol. The number of anilines is 3. The van der Waals surface area contributed by atoms with Gasteiger partial charge in [-0.25, -0.2) is 4.39 Å². The van der Waals surface area contributed by atoms with Crippen molar-refractivity contribution in [2.45, 2.75) is 24.6 Å². The van der Waals surface area contributed by atoms with E-state index in [1.807, 2.05) is 0 Å². The number of nitrogens with one attached hydrogen (secondary N) is 2. The van der Waals surface area contributed by atoms with Crippen LogP contribution in [-0.2, 0) is 4.74 Å². The fourth-order valence-electron chi connectivity index (χ4n) is 2.55. The number of aliphatic hydroxyl groups excluding tert-OH is 2. The van der Waals surface area contributed by atoms with Crippen LogP contribution in [0.15, 0.2) is 10.9 Å². The summed E-state index contributed by atoms with van der Waals surface area (Å²) in [7, 11) is 0. The Morgan fingerprint density at radius 1 is 1.60 bits per heavy atom. The maximum atomic E-state index is 13.7. The molecule has 9 heteroatoms. The lowest BCUT2D eigenvalue weighted by Gasteiger charge is -2.27. The van der Waals surface area contributed by atoms with Gasteiger partial charge in [0.15, 0.2) is 12.4 Å². The number of aliphatic hydroxyl groups is 2. The molecule has 0 aliphatic carbocycles. The zero-order valence-corrected chi connectivity index (χ0v) is 10.4. The molecule has 0 saturated carbocycles. The molecule has 2 aliphatic rings. The van der Waals surface area contributed by atoms with Crippen molar-refractivity contribution in [3.05, 3.63) is 16.4 Å². The fourth-order valence-corrected chi connectivity index (χ4v) is 2.55. The molecule has 0 amide bonds. The van der Waals surface area contributed by atoms with Gasteiger partial charge < -0.3 is 35.9 Å². The molecule has 0 spiro atoms. The molecule has 6 N–H and O–H groups in total. The Bertz CT molecular complexity index is 580. The molecule has 0 bridgehead atoms. The first-order chi connectivity index (χ1) is 9.52. The van der Waals surface area contributed by atoms with E-state index in [4.69, 9.17) is 15.6 Å². The van der Waals surface area contributed by atoms with E-state index in [1.54, 1.807) is 0 Å². The molecule has 3 rings (SSSR count). The van der Waals surface area contributed by atoms with Gasteiger partial charge in [-0.05, 0) is 0 Å². The van der Waals surface area contributed by atoms with E-state index in [0.717, 1.165) is 0 Å². The first-order valence-electron chi connectivity index (χ1n) is 6.14. The van der Waals surface area contributed by atoms with Crippen molar-refractivity contribution in [2.24, 2.45) is 0 Å². The van der Waals surface area contributed by atoms with Crippen LogP contribution in [0.25, 0.3) is 0 Å². The topological polar surface area (TPSA) is 124 Å². The summed E-state index contributed by atoms with van der Waals surface area (Å²) in [6.07, 6.45) is -5.18. The van der Waals surface area contributed by atoms with Crippen LogP contribution in [0.1, 0.15) is 0 Å². The Hall–Kier alpha value is -1.84. The Morgan fingerprint density at radius 2 is 2.35 bits per heavy atom. The van der Waals surface area contributed by atoms with Crippen LogP contribution in [0, 0.1) is 0 Å². The lowest BCUT2D eigenvalue weighted by Crippen LogP contribution is -2.43. The van der Waals surface area contributed by atoms with Crippen LogP contribution in [0.2, 0.25) is 0 Å². The third-order valence-electron chi connectivity index (χ3n) is 3.54. The number of H-pyrrole nitrogens is 1. The summed E-state index contributed by atoms with van der Waals surface area (Å²) in [6, 6.07) is 1.51. The summed E-state index contributed by atoms with van der Waals surface area (Å²) >= 11 is 0. The van der Waals surface area contributed by atoms with Gasteiger partial charge in [0.1, 0.15) is 23.7 Å². The molecule has 1 unspecified atom stereocenters. The molecule has 20 heavy (non-hydrogen) atoms. The number of nitrogen functional groups attached to an aromatic ring is 1. The normalized spacial score (nSPS) is 32.2. The van der Waals surface area contributed by atoms with Gasteiger partial charge in [0.05, 0.1) is 19.0 Å². The van der Waals surface area contributed by atoms with Crippen molar-refractivity contribution in [2.75, 3.05) is 29.2 Å². The highest BCUT2D eigenvalue weighted by Crippen LogP contribution is 2.35. The molecule has 8 nitrogen and oxygen atoms in total. The molecular formula is C11H15FN4O4. The number of alkyl halides is 1. The van der Waals surface area contributed by atoms with Crippen LogP contribution < -0.4 is 21.5 Å². The summed E-state index contributed by atoms with van der Waals surface area (Å²) in [5.74, 6) is 0.158. The van der Waals surface area contributed by atoms with Crippen molar-refractivity contribution in [1.82, 2.24) is 4.98 Å². The summed E-state index contributed by atoms with van der Waals surface area (Å²) in [5.41, 5.74) is 5.90. The third-order valence-corrected chi connectivity index (χ3v) is 3.54. The van der Waals surface area contributed by atoms with Crippen LogP contribution in [0.4, 0.5) is 21.6 Å². The van der Waals surface area contributed by atoms with Crippen molar-refractivity contribution in [3.8, 4) is 0 Å². The number of aromatic nitrogens is 1. The van der Waals surface area contributed by atoms with E-state index in [9.17, 15) is 14.3 Å². The van der Waals surface area contributed by atoms with Gasteiger partial charge in [-0.2, -0.15) is 0 Å². The van der Waals surface area contributed by atoms with Crippen molar-refractivity contribution in [3.63, 3.8) is 0 Å². The van der Waals surface area contributed by atoms with E-state index < -0.39 is 36.8 Å². The first-order valence-corrected chi connectivity index (χ1v) is 6.14. The number of hydrogen-bond donors (Lipinski definition) is 5. The van der Waals surface area contributed by atoms with Crippen LogP contribution in [0.5, 0.6) is 0 Å². The number of halogens is 1. The van der Waals surface area contributed by atoms with Gasteiger partial charge >= 0.3 is 0 Å². The van der Waals surface area contributed by atoms with Gasteiger partial charge in [0, 0.05) is 6.07 Å². The molecule has 1 aromatic rings. The zero-order chi connectivity index (χ0) is 14.4. The predicted octanol–water partition coefficient (Wildman–Crippen LogP) is -1.44. The molecule has 1 aromatic heterocycles. The summed E-state index contributed by atoms with van der Waals surface area (Å²) in [6.45, 7) is -0.352. The van der Waals surface area contributed by atoms with Gasteiger partial charge in [-0.15, -0.1) is 0 Å². The maximum Gasteiger partial charge on any atom is 0.275 e. The van der Waals surface area contributed by atoms with Gasteiger partial charge in [0.25, 0.3) is 5.56 Å². The Labute approximate surface area is 113 Å². The summed E-state index contributed by atoms with van der Waals surface area (Å²) in [5, 5.41) is 21.7. The largest absolute Gasteiger partial charge is 0.394 e. The van der Waals surface area contributed by atoms with E-state index >= 15 is 0 Å². The second-order valence-corrected chi connectivity index (χ2v) is 4.80. The standard InChI is InChI=1S/C11H15FN4O4/c12-7-5(2-17)20-11(9(7)18)16-3-14-8-4(16)1-6(13)15-10(8)19/h1,5,7,9,11,14,17-18H,2-3H2,(H3,13,15,19)/t5-,7?,9-,11-/m0/s1. The number of rotatable bonds is 2. The van der Waals surface area contributed by atoms with Crippen LogP contribution >= 0.6 is 0 Å². The molecule has 3 heterocycles. The number of nitrogens with two attached hydrogens (primary N) is 1. The van der Waals surface area contributed by atoms with E-state index in [0.29, 0.717) is 5.69 Å². The first kappa shape index (κ1) is 13.2. The van der Waals surface area contributed by atoms with Gasteiger partial charge in [-0.3, -0.25) is 4.79 Å². The highest BCUT2D eigenvalue weighted by atomic mass is 19.1. The van der Waals surface area contributed by atoms with Gasteiger partial charge in [0.2, 0.25) is 0 Å². The molecule has 110 valence electrons. The third kappa shape index (κ3) is 1.82. The number of aromatic amines is 1. The predicted molar refractivity (Wildman–Crippen MR) is 69.1 cm³/mol. The van der Waals surface area contributed by atoms with Crippen LogP contribution in [-0.4, -0.2) is 53.1 Å². The highest BCUT2D eigenvalue weighted by Gasteiger charge is 2.48. The lowest BCUT2D eigenvalue weighted by atomic mass is 10.1.